The molecule has 0 saturated heterocycles. The molecular weight excluding hydrogens is 1460 g/mol. The van der Waals surface area contributed by atoms with Gasteiger partial charge in [0.05, 0.1) is 26.4 Å². The number of carbonyl (C=O) groups excluding carboxylic acids is 4. The molecule has 0 aromatic rings. The minimum absolute atomic E-state index is 0.250. The van der Waals surface area contributed by atoms with Crippen LogP contribution in [0.25, 0.3) is 0 Å². The van der Waals surface area contributed by atoms with Crippen LogP contribution < -0.4 is 0 Å². The summed E-state index contributed by atoms with van der Waals surface area (Å²) >= 11 is 0. The number of esters is 4. The third-order valence-electron chi connectivity index (χ3n) is 24.1. The van der Waals surface area contributed by atoms with Gasteiger partial charge in [-0.05, 0) is 46.5 Å². The first-order chi connectivity index (χ1) is 58.4. The molecule has 8 heteroatoms. The standard InChI is InChI=1S/C34H66O2.C33H64O2.C32H62O2.C12H22O2/c1-4-5-6-7-8-9-10-11-12-13-14-15-16-17-18-19-20-21-22-23-24-25-26-27-28-29-30-31-32-36-34(35)33(2)3;1-4-5-6-7-8-9-10-11-12-13-14-15-16-17-18-19-20-21-22-23-24-25-26-27-28-29-30-31-35-33(34)32(2)3;1-4-5-6-7-8-9-10-11-12-13-14-15-16-17-18-19-20-21-22-23-24-25-26-27-28-29-30-34-32(33)31(2)3;1-3-5-6-7-8-9-10-11-14-12(13)4-2/h2,4-32H2,1,3H3;2,4-31H2,1,3H3;2,4-30H2,1,3H3;4H,2-3,5-11H2,1H3. The zero-order valence-corrected chi connectivity index (χ0v) is 82.2. The van der Waals surface area contributed by atoms with Gasteiger partial charge in [0.25, 0.3) is 0 Å². The summed E-state index contributed by atoms with van der Waals surface area (Å²) < 4.78 is 20.2. The zero-order valence-electron chi connectivity index (χ0n) is 82.2. The van der Waals surface area contributed by atoms with Gasteiger partial charge in [-0.2, -0.15) is 0 Å². The smallest absolute Gasteiger partial charge is 0.333 e. The lowest BCUT2D eigenvalue weighted by Crippen LogP contribution is -2.05. The Kier molecular flexibility index (Phi) is 116. The Morgan fingerprint density at radius 2 is 0.261 bits per heavy atom. The summed E-state index contributed by atoms with van der Waals surface area (Å²) in [6.07, 6.45) is 124. The second-order valence-corrected chi connectivity index (χ2v) is 36.8. The third kappa shape index (κ3) is 119. The van der Waals surface area contributed by atoms with Crippen LogP contribution in [0.15, 0.2) is 49.1 Å². The van der Waals surface area contributed by atoms with Crippen LogP contribution in [0.4, 0.5) is 0 Å². The van der Waals surface area contributed by atoms with E-state index in [0.717, 1.165) is 32.1 Å². The highest BCUT2D eigenvalue weighted by molar-refractivity contribution is 5.87. The lowest BCUT2D eigenvalue weighted by atomic mass is 10.0. The van der Waals surface area contributed by atoms with Crippen molar-refractivity contribution in [3.8, 4) is 0 Å². The molecule has 119 heavy (non-hydrogen) atoms. The van der Waals surface area contributed by atoms with Crippen molar-refractivity contribution in [2.45, 2.75) is 613 Å². The van der Waals surface area contributed by atoms with E-state index in [0.29, 0.717) is 43.1 Å². The molecule has 0 amide bonds. The lowest BCUT2D eigenvalue weighted by molar-refractivity contribution is -0.139. The van der Waals surface area contributed by atoms with E-state index >= 15 is 0 Å². The third-order valence-corrected chi connectivity index (χ3v) is 24.1. The molecule has 0 aromatic carbocycles. The van der Waals surface area contributed by atoms with Gasteiger partial charge in [-0.15, -0.1) is 0 Å². The summed E-state index contributed by atoms with van der Waals surface area (Å²) in [4.78, 5) is 44.5. The van der Waals surface area contributed by atoms with Crippen molar-refractivity contribution in [3.63, 3.8) is 0 Å². The predicted molar refractivity (Wildman–Crippen MR) is 527 cm³/mol. The Labute approximate surface area is 746 Å². The fourth-order valence-electron chi connectivity index (χ4n) is 15.9. The zero-order chi connectivity index (χ0) is 87.6. The molecule has 0 aliphatic rings. The molecule has 0 saturated carbocycles. The molecule has 0 radical (unpaired) electrons. The van der Waals surface area contributed by atoms with Crippen LogP contribution in [-0.4, -0.2) is 50.3 Å². The van der Waals surface area contributed by atoms with Gasteiger partial charge in [-0.25, -0.2) is 19.2 Å². The molecule has 0 heterocycles. The van der Waals surface area contributed by atoms with Gasteiger partial charge in [0, 0.05) is 22.8 Å². The van der Waals surface area contributed by atoms with E-state index in [1.165, 1.54) is 539 Å². The average molecular weight is 1680 g/mol. The molecule has 0 fully saturated rings. The van der Waals surface area contributed by atoms with Gasteiger partial charge >= 0.3 is 23.9 Å². The molecule has 0 unspecified atom stereocenters. The van der Waals surface area contributed by atoms with E-state index in [9.17, 15) is 19.2 Å². The van der Waals surface area contributed by atoms with Crippen LogP contribution in [0, 0.1) is 0 Å². The maximum atomic E-state index is 11.3. The van der Waals surface area contributed by atoms with Gasteiger partial charge < -0.3 is 18.9 Å². The number of hydrogen-bond acceptors (Lipinski definition) is 8. The van der Waals surface area contributed by atoms with Gasteiger partial charge in [-0.1, -0.05) is 593 Å². The minimum Gasteiger partial charge on any atom is -0.463 e. The molecule has 0 rings (SSSR count). The molecule has 0 bridgehead atoms. The first-order valence-corrected chi connectivity index (χ1v) is 53.6. The van der Waals surface area contributed by atoms with Crippen molar-refractivity contribution in [3.05, 3.63) is 49.1 Å². The van der Waals surface area contributed by atoms with Crippen LogP contribution in [0.3, 0.4) is 0 Å². The molecule has 0 aromatic heterocycles. The van der Waals surface area contributed by atoms with Crippen molar-refractivity contribution in [2.75, 3.05) is 26.4 Å². The molecule has 0 spiro atoms. The summed E-state index contributed by atoms with van der Waals surface area (Å²) in [6, 6.07) is 0. The van der Waals surface area contributed by atoms with Crippen LogP contribution in [0.5, 0.6) is 0 Å². The second-order valence-electron chi connectivity index (χ2n) is 36.8. The van der Waals surface area contributed by atoms with Crippen molar-refractivity contribution in [2.24, 2.45) is 0 Å². The summed E-state index contributed by atoms with van der Waals surface area (Å²) in [5.74, 6) is -1.06. The average Bonchev–Trinajstić information content (AvgIpc) is 1.03. The SMILES string of the molecule is C=C(C)C(=O)OCCCCCCCCCCCCCCCCCCCCCCCCCCCC.C=C(C)C(=O)OCCCCCCCCCCCCCCCCCCCCCCCCCCCCC.C=C(C)C(=O)OCCCCCCCCCCCCCCCCCCCCCCCCCCCCCC.C=CC(=O)OCCCCCCCCC. The molecule has 0 atom stereocenters. The van der Waals surface area contributed by atoms with Crippen LogP contribution in [0.1, 0.15) is 613 Å². The molecule has 8 nitrogen and oxygen atoms in total. The number of unbranched alkanes of at least 4 members (excludes halogenated alkanes) is 84. The van der Waals surface area contributed by atoms with Crippen molar-refractivity contribution in [1.82, 2.24) is 0 Å². The van der Waals surface area contributed by atoms with Crippen molar-refractivity contribution < 1.29 is 38.1 Å². The number of carbonyl (C=O) groups is 4. The van der Waals surface area contributed by atoms with Crippen molar-refractivity contribution in [1.29, 1.82) is 0 Å². The Morgan fingerprint density at radius 3 is 0.353 bits per heavy atom. The fourth-order valence-corrected chi connectivity index (χ4v) is 15.9. The topological polar surface area (TPSA) is 105 Å². The van der Waals surface area contributed by atoms with E-state index in [1.807, 2.05) is 0 Å². The maximum Gasteiger partial charge on any atom is 0.333 e. The number of rotatable bonds is 96. The molecule has 0 N–H and O–H groups in total. The quantitative estimate of drug-likeness (QED) is 0.0257. The highest BCUT2D eigenvalue weighted by atomic mass is 16.5. The van der Waals surface area contributed by atoms with E-state index in [4.69, 9.17) is 18.9 Å². The van der Waals surface area contributed by atoms with E-state index in [-0.39, 0.29) is 23.9 Å². The number of ether oxygens (including phenoxy) is 4. The summed E-state index contributed by atoms with van der Waals surface area (Å²) in [5.41, 5.74) is 1.49. The van der Waals surface area contributed by atoms with Crippen LogP contribution in [0.2, 0.25) is 0 Å². The maximum absolute atomic E-state index is 11.3. The highest BCUT2D eigenvalue weighted by Gasteiger charge is 2.07. The normalized spacial score (nSPS) is 11.0. The Morgan fingerprint density at radius 1 is 0.168 bits per heavy atom. The Hall–Kier alpha value is -3.16. The van der Waals surface area contributed by atoms with Gasteiger partial charge in [0.1, 0.15) is 0 Å². The van der Waals surface area contributed by atoms with Gasteiger partial charge in [0.2, 0.25) is 0 Å². The highest BCUT2D eigenvalue weighted by Crippen LogP contribution is 2.22. The largest absolute Gasteiger partial charge is 0.463 e. The summed E-state index contributed by atoms with van der Waals surface area (Å²) in [7, 11) is 0. The van der Waals surface area contributed by atoms with E-state index in [1.54, 1.807) is 20.8 Å². The summed E-state index contributed by atoms with van der Waals surface area (Å²) in [6.45, 7) is 30.5. The van der Waals surface area contributed by atoms with Crippen LogP contribution >= 0.6 is 0 Å². The van der Waals surface area contributed by atoms with Gasteiger partial charge in [0.15, 0.2) is 0 Å². The Bertz CT molecular complexity index is 2030. The first kappa shape index (κ1) is 122. The monoisotopic (exact) mass is 1680 g/mol. The Balaban J connectivity index is -0.000000770. The first-order valence-electron chi connectivity index (χ1n) is 53.6. The van der Waals surface area contributed by atoms with Gasteiger partial charge in [-0.3, -0.25) is 0 Å². The van der Waals surface area contributed by atoms with Crippen molar-refractivity contribution >= 4 is 23.9 Å². The minimum atomic E-state index is -0.309. The molecular formula is C111H214O8. The van der Waals surface area contributed by atoms with E-state index < -0.39 is 0 Å². The predicted octanol–water partition coefficient (Wildman–Crippen LogP) is 38.4. The molecule has 706 valence electrons. The molecule has 0 aliphatic carbocycles. The number of hydrogen-bond donors (Lipinski definition) is 0. The fraction of sp³-hybridized carbons (Fsp3) is 0.892. The van der Waals surface area contributed by atoms with E-state index in [2.05, 4.69) is 54.0 Å². The van der Waals surface area contributed by atoms with Crippen LogP contribution in [-0.2, 0) is 38.1 Å². The lowest BCUT2D eigenvalue weighted by Gasteiger charge is -2.05. The second kappa shape index (κ2) is 113. The molecule has 0 aliphatic heterocycles. The summed E-state index contributed by atoms with van der Waals surface area (Å²) in [5, 5.41) is 0.